The molecule has 0 radical (unpaired) electrons. The first-order chi connectivity index (χ1) is 15.4. The van der Waals surface area contributed by atoms with Crippen LogP contribution >= 0.6 is 0 Å². The maximum absolute atomic E-state index is 12.1. The second-order valence-corrected chi connectivity index (χ2v) is 7.31. The highest BCUT2D eigenvalue weighted by atomic mass is 16.6. The molecule has 0 unspecified atom stereocenters. The molecule has 6 nitrogen and oxygen atoms in total. The van der Waals surface area contributed by atoms with E-state index in [0.717, 1.165) is 33.7 Å². The fourth-order valence-corrected chi connectivity index (χ4v) is 3.20. The Morgan fingerprint density at radius 1 is 1.00 bits per heavy atom. The van der Waals surface area contributed by atoms with Gasteiger partial charge in [-0.15, -0.1) is 0 Å². The van der Waals surface area contributed by atoms with Crippen molar-refractivity contribution in [3.8, 4) is 17.2 Å². The SMILES string of the molecule is CCOC(=O)/C(=C\c1ccc(OCc2nc(-c3ccccc3C)oc2C)cc1C)OCC. The number of hydrogen-bond donors (Lipinski definition) is 0. The first-order valence-electron chi connectivity index (χ1n) is 10.7. The predicted molar refractivity (Wildman–Crippen MR) is 123 cm³/mol. The Labute approximate surface area is 188 Å². The van der Waals surface area contributed by atoms with Crippen LogP contribution in [-0.4, -0.2) is 24.2 Å². The molecular formula is C26H29NO5. The lowest BCUT2D eigenvalue weighted by atomic mass is 10.1. The van der Waals surface area contributed by atoms with E-state index >= 15 is 0 Å². The third kappa shape index (κ3) is 5.58. The zero-order valence-corrected chi connectivity index (χ0v) is 19.2. The van der Waals surface area contributed by atoms with E-state index in [1.807, 2.05) is 70.2 Å². The van der Waals surface area contributed by atoms with E-state index in [-0.39, 0.29) is 5.76 Å². The maximum atomic E-state index is 12.1. The molecule has 0 aliphatic carbocycles. The highest BCUT2D eigenvalue weighted by Gasteiger charge is 2.15. The van der Waals surface area contributed by atoms with Crippen molar-refractivity contribution in [1.29, 1.82) is 0 Å². The molecule has 1 aromatic heterocycles. The van der Waals surface area contributed by atoms with Crippen LogP contribution in [0.4, 0.5) is 0 Å². The lowest BCUT2D eigenvalue weighted by Crippen LogP contribution is -2.10. The van der Waals surface area contributed by atoms with Crippen LogP contribution in [-0.2, 0) is 20.9 Å². The summed E-state index contributed by atoms with van der Waals surface area (Å²) in [5, 5.41) is 0. The van der Waals surface area contributed by atoms with Crippen molar-refractivity contribution in [3.05, 3.63) is 76.4 Å². The minimum atomic E-state index is -0.472. The molecule has 0 bridgehead atoms. The number of esters is 1. The average Bonchev–Trinajstić information content (AvgIpc) is 3.14. The molecule has 1 heterocycles. The van der Waals surface area contributed by atoms with E-state index in [1.54, 1.807) is 13.0 Å². The van der Waals surface area contributed by atoms with E-state index < -0.39 is 5.97 Å². The second-order valence-electron chi connectivity index (χ2n) is 7.31. The molecule has 2 aromatic carbocycles. The maximum Gasteiger partial charge on any atom is 0.373 e. The van der Waals surface area contributed by atoms with Crippen LogP contribution in [0, 0.1) is 20.8 Å². The molecule has 0 aliphatic rings. The van der Waals surface area contributed by atoms with Gasteiger partial charge < -0.3 is 18.6 Å². The summed E-state index contributed by atoms with van der Waals surface area (Å²) in [7, 11) is 0. The van der Waals surface area contributed by atoms with Gasteiger partial charge in [0.05, 0.1) is 13.2 Å². The lowest BCUT2D eigenvalue weighted by molar-refractivity contribution is -0.142. The molecule has 0 saturated heterocycles. The topological polar surface area (TPSA) is 70.8 Å². The number of carbonyl (C=O) groups excluding carboxylic acids is 1. The van der Waals surface area contributed by atoms with Crippen molar-refractivity contribution < 1.29 is 23.4 Å². The van der Waals surface area contributed by atoms with Gasteiger partial charge in [-0.05, 0) is 75.6 Å². The molecule has 0 spiro atoms. The number of nitrogens with zero attached hydrogens (tertiary/aromatic N) is 1. The zero-order valence-electron chi connectivity index (χ0n) is 19.2. The highest BCUT2D eigenvalue weighted by molar-refractivity contribution is 5.91. The molecule has 0 N–H and O–H groups in total. The van der Waals surface area contributed by atoms with E-state index in [4.69, 9.17) is 18.6 Å². The Morgan fingerprint density at radius 3 is 2.44 bits per heavy atom. The third-order valence-corrected chi connectivity index (χ3v) is 4.95. The number of aromatic nitrogens is 1. The monoisotopic (exact) mass is 435 g/mol. The van der Waals surface area contributed by atoms with Gasteiger partial charge in [0.1, 0.15) is 23.8 Å². The molecule has 0 atom stereocenters. The normalized spacial score (nSPS) is 11.3. The average molecular weight is 436 g/mol. The summed E-state index contributed by atoms with van der Waals surface area (Å²) in [6.07, 6.45) is 1.69. The van der Waals surface area contributed by atoms with Crippen LogP contribution in [0.25, 0.3) is 17.5 Å². The van der Waals surface area contributed by atoms with Gasteiger partial charge in [-0.1, -0.05) is 24.3 Å². The summed E-state index contributed by atoms with van der Waals surface area (Å²) in [4.78, 5) is 16.7. The van der Waals surface area contributed by atoms with Gasteiger partial charge in [-0.2, -0.15) is 0 Å². The molecule has 0 aliphatic heterocycles. The first-order valence-corrected chi connectivity index (χ1v) is 10.7. The first kappa shape index (κ1) is 23.1. The molecule has 0 amide bonds. The summed E-state index contributed by atoms with van der Waals surface area (Å²) >= 11 is 0. The van der Waals surface area contributed by atoms with Gasteiger partial charge in [0.25, 0.3) is 0 Å². The van der Waals surface area contributed by atoms with Crippen LogP contribution in [0.5, 0.6) is 5.75 Å². The van der Waals surface area contributed by atoms with Gasteiger partial charge in [0.15, 0.2) is 0 Å². The Balaban J connectivity index is 1.73. The van der Waals surface area contributed by atoms with Gasteiger partial charge in [0, 0.05) is 5.56 Å². The summed E-state index contributed by atoms with van der Waals surface area (Å²) in [5.41, 5.74) is 4.64. The summed E-state index contributed by atoms with van der Waals surface area (Å²) < 4.78 is 22.3. The van der Waals surface area contributed by atoms with Crippen molar-refractivity contribution in [3.63, 3.8) is 0 Å². The number of oxazole rings is 1. The number of ether oxygens (including phenoxy) is 3. The van der Waals surface area contributed by atoms with Gasteiger partial charge in [-0.25, -0.2) is 9.78 Å². The largest absolute Gasteiger partial charge is 0.487 e. The molecular weight excluding hydrogens is 406 g/mol. The van der Waals surface area contributed by atoms with Crippen molar-refractivity contribution in [2.75, 3.05) is 13.2 Å². The Bertz CT molecular complexity index is 1110. The van der Waals surface area contributed by atoms with Crippen LogP contribution in [0.2, 0.25) is 0 Å². The minimum absolute atomic E-state index is 0.188. The van der Waals surface area contributed by atoms with E-state index in [1.165, 1.54) is 0 Å². The Hall–Kier alpha value is -3.54. The van der Waals surface area contributed by atoms with Crippen molar-refractivity contribution in [2.45, 2.75) is 41.2 Å². The number of aryl methyl sites for hydroxylation is 3. The highest BCUT2D eigenvalue weighted by Crippen LogP contribution is 2.26. The predicted octanol–water partition coefficient (Wildman–Crippen LogP) is 5.79. The lowest BCUT2D eigenvalue weighted by Gasteiger charge is -2.10. The molecule has 32 heavy (non-hydrogen) atoms. The summed E-state index contributed by atoms with van der Waals surface area (Å²) in [5.74, 6) is 1.75. The Kier molecular flexibility index (Phi) is 7.71. The van der Waals surface area contributed by atoms with Gasteiger partial charge in [0.2, 0.25) is 11.6 Å². The van der Waals surface area contributed by atoms with E-state index in [0.29, 0.717) is 31.5 Å². The fraction of sp³-hybridized carbons (Fsp3) is 0.308. The second kappa shape index (κ2) is 10.7. The van der Waals surface area contributed by atoms with Crippen LogP contribution in [0.15, 0.2) is 52.6 Å². The van der Waals surface area contributed by atoms with Crippen molar-refractivity contribution >= 4 is 12.0 Å². The number of benzene rings is 2. The van der Waals surface area contributed by atoms with Crippen LogP contribution < -0.4 is 4.74 Å². The molecule has 0 fully saturated rings. The smallest absolute Gasteiger partial charge is 0.373 e. The molecule has 3 rings (SSSR count). The van der Waals surface area contributed by atoms with Crippen molar-refractivity contribution in [1.82, 2.24) is 4.98 Å². The zero-order chi connectivity index (χ0) is 23.1. The molecule has 6 heteroatoms. The van der Waals surface area contributed by atoms with Gasteiger partial charge in [-0.3, -0.25) is 0 Å². The van der Waals surface area contributed by atoms with Crippen LogP contribution in [0.3, 0.4) is 0 Å². The molecule has 3 aromatic rings. The number of hydrogen-bond acceptors (Lipinski definition) is 6. The van der Waals surface area contributed by atoms with E-state index in [9.17, 15) is 4.79 Å². The van der Waals surface area contributed by atoms with E-state index in [2.05, 4.69) is 4.98 Å². The Morgan fingerprint density at radius 2 is 1.75 bits per heavy atom. The molecule has 0 saturated carbocycles. The quantitative estimate of drug-likeness (QED) is 0.241. The van der Waals surface area contributed by atoms with Crippen molar-refractivity contribution in [2.24, 2.45) is 0 Å². The van der Waals surface area contributed by atoms with Crippen LogP contribution in [0.1, 0.15) is 42.0 Å². The summed E-state index contributed by atoms with van der Waals surface area (Å²) in [6.45, 7) is 10.4. The number of carbonyl (C=O) groups is 1. The summed E-state index contributed by atoms with van der Waals surface area (Å²) in [6, 6.07) is 13.6. The van der Waals surface area contributed by atoms with Gasteiger partial charge >= 0.3 is 5.97 Å². The third-order valence-electron chi connectivity index (χ3n) is 4.95. The standard InChI is InChI=1S/C26H29NO5/c1-6-29-24(26(28)30-7-2)15-20-12-13-21(14-18(20)4)31-16-23-19(5)32-25(27-23)22-11-9-8-10-17(22)3/h8-15H,6-7,16H2,1-5H3/b24-15+. The number of rotatable bonds is 9. The fourth-order valence-electron chi connectivity index (χ4n) is 3.20. The molecule has 168 valence electrons. The minimum Gasteiger partial charge on any atom is -0.487 e.